The third kappa shape index (κ3) is 1.82. The molecule has 1 unspecified atom stereocenters. The van der Waals surface area contributed by atoms with Gasteiger partial charge < -0.3 is 9.72 Å². The Morgan fingerprint density at radius 3 is 3.18 bits per heavy atom. The van der Waals surface area contributed by atoms with Crippen molar-refractivity contribution in [3.05, 3.63) is 47.5 Å². The average Bonchev–Trinajstić information content (AvgIpc) is 2.99. The average molecular weight is 228 g/mol. The third-order valence-electron chi connectivity index (χ3n) is 3.58. The summed E-state index contributed by atoms with van der Waals surface area (Å²) in [5, 5.41) is 0. The van der Waals surface area contributed by atoms with Crippen molar-refractivity contribution < 1.29 is 4.74 Å². The van der Waals surface area contributed by atoms with Gasteiger partial charge in [0.15, 0.2) is 0 Å². The van der Waals surface area contributed by atoms with Gasteiger partial charge in [0.1, 0.15) is 5.75 Å². The number of benzene rings is 1. The highest BCUT2D eigenvalue weighted by molar-refractivity contribution is 5.45. The summed E-state index contributed by atoms with van der Waals surface area (Å²) in [5.41, 5.74) is 3.97. The van der Waals surface area contributed by atoms with Gasteiger partial charge in [0.2, 0.25) is 0 Å². The largest absolute Gasteiger partial charge is 0.496 e. The summed E-state index contributed by atoms with van der Waals surface area (Å²) >= 11 is 0. The molecule has 1 aromatic carbocycles. The van der Waals surface area contributed by atoms with Gasteiger partial charge in [-0.25, -0.2) is 4.98 Å². The fourth-order valence-electron chi connectivity index (χ4n) is 2.76. The molecule has 0 saturated heterocycles. The minimum Gasteiger partial charge on any atom is -0.496 e. The van der Waals surface area contributed by atoms with Gasteiger partial charge in [0, 0.05) is 6.20 Å². The van der Waals surface area contributed by atoms with Crippen LogP contribution in [0, 0.1) is 0 Å². The first-order valence-corrected chi connectivity index (χ1v) is 6.02. The first-order valence-electron chi connectivity index (χ1n) is 6.02. The van der Waals surface area contributed by atoms with Crippen LogP contribution < -0.4 is 4.74 Å². The number of ether oxygens (including phenoxy) is 1. The van der Waals surface area contributed by atoms with Crippen molar-refractivity contribution in [3.63, 3.8) is 0 Å². The van der Waals surface area contributed by atoms with Crippen LogP contribution in [0.5, 0.6) is 5.75 Å². The lowest BCUT2D eigenvalue weighted by Gasteiger charge is -2.11. The number of fused-ring (bicyclic) bond motifs is 1. The van der Waals surface area contributed by atoms with Gasteiger partial charge in [0.05, 0.1) is 19.1 Å². The molecule has 3 rings (SSSR count). The molecule has 0 spiro atoms. The van der Waals surface area contributed by atoms with Crippen LogP contribution in [0.25, 0.3) is 0 Å². The Labute approximate surface area is 101 Å². The number of imidazole rings is 1. The topological polar surface area (TPSA) is 37.9 Å². The molecule has 1 N–H and O–H groups in total. The van der Waals surface area contributed by atoms with Crippen molar-refractivity contribution in [1.29, 1.82) is 0 Å². The molecular weight excluding hydrogens is 212 g/mol. The molecule has 0 radical (unpaired) electrons. The molecule has 0 fully saturated rings. The number of methoxy groups -OCH3 is 1. The molecule has 1 aliphatic carbocycles. The smallest absolute Gasteiger partial charge is 0.122 e. The van der Waals surface area contributed by atoms with Crippen molar-refractivity contribution in [1.82, 2.24) is 9.97 Å². The summed E-state index contributed by atoms with van der Waals surface area (Å²) in [7, 11) is 1.75. The van der Waals surface area contributed by atoms with E-state index >= 15 is 0 Å². The summed E-state index contributed by atoms with van der Waals surface area (Å²) < 4.78 is 5.42. The maximum atomic E-state index is 5.42. The van der Waals surface area contributed by atoms with Gasteiger partial charge in [-0.15, -0.1) is 0 Å². The van der Waals surface area contributed by atoms with E-state index in [0.717, 1.165) is 24.3 Å². The van der Waals surface area contributed by atoms with Gasteiger partial charge in [-0.05, 0) is 42.4 Å². The van der Waals surface area contributed by atoms with Crippen LogP contribution in [0.3, 0.4) is 0 Å². The van der Waals surface area contributed by atoms with Crippen molar-refractivity contribution in [2.75, 3.05) is 7.11 Å². The summed E-state index contributed by atoms with van der Waals surface area (Å²) in [5.74, 6) is 1.62. The van der Waals surface area contributed by atoms with Crippen LogP contribution in [0.15, 0.2) is 30.7 Å². The number of hydrogen-bond donors (Lipinski definition) is 1. The molecule has 1 atom stereocenters. The highest BCUT2D eigenvalue weighted by atomic mass is 16.5. The van der Waals surface area contributed by atoms with Crippen LogP contribution in [0.2, 0.25) is 0 Å². The van der Waals surface area contributed by atoms with Crippen molar-refractivity contribution >= 4 is 0 Å². The van der Waals surface area contributed by atoms with Crippen LogP contribution in [-0.4, -0.2) is 17.1 Å². The molecule has 0 saturated carbocycles. The van der Waals surface area contributed by atoms with Crippen LogP contribution in [0.1, 0.15) is 29.2 Å². The molecular formula is C14H16N2O. The quantitative estimate of drug-likeness (QED) is 0.877. The molecule has 88 valence electrons. The lowest BCUT2D eigenvalue weighted by molar-refractivity contribution is 0.410. The lowest BCUT2D eigenvalue weighted by atomic mass is 9.96. The van der Waals surface area contributed by atoms with Gasteiger partial charge >= 0.3 is 0 Å². The van der Waals surface area contributed by atoms with Crippen molar-refractivity contribution in [3.8, 4) is 5.75 Å². The van der Waals surface area contributed by atoms with Crippen LogP contribution in [0.4, 0.5) is 0 Å². The maximum Gasteiger partial charge on any atom is 0.122 e. The first kappa shape index (κ1) is 10.4. The summed E-state index contributed by atoms with van der Waals surface area (Å²) in [6.07, 6.45) is 7.07. The number of nitrogens with zero attached hydrogens (tertiary/aromatic N) is 1. The number of H-pyrrole nitrogens is 1. The maximum absolute atomic E-state index is 5.42. The van der Waals surface area contributed by atoms with E-state index in [0.29, 0.717) is 5.92 Å². The molecule has 2 aromatic rings. The molecule has 3 nitrogen and oxygen atoms in total. The minimum atomic E-state index is 0.586. The van der Waals surface area contributed by atoms with Crippen LogP contribution in [-0.2, 0) is 12.8 Å². The molecule has 1 aromatic heterocycles. The Bertz CT molecular complexity index is 505. The van der Waals surface area contributed by atoms with E-state index < -0.39 is 0 Å². The molecule has 17 heavy (non-hydrogen) atoms. The first-order chi connectivity index (χ1) is 8.38. The van der Waals surface area contributed by atoms with E-state index in [1.165, 1.54) is 17.5 Å². The van der Waals surface area contributed by atoms with E-state index in [2.05, 4.69) is 28.2 Å². The van der Waals surface area contributed by atoms with Gasteiger partial charge in [-0.1, -0.05) is 12.1 Å². The Morgan fingerprint density at radius 2 is 2.41 bits per heavy atom. The predicted octanol–water partition coefficient (Wildman–Crippen LogP) is 2.69. The molecule has 0 aliphatic heterocycles. The molecule has 0 bridgehead atoms. The van der Waals surface area contributed by atoms with E-state index in [1.54, 1.807) is 13.4 Å². The summed E-state index contributed by atoms with van der Waals surface area (Å²) in [4.78, 5) is 7.32. The van der Waals surface area contributed by atoms with Gasteiger partial charge in [0.25, 0.3) is 0 Å². The lowest BCUT2D eigenvalue weighted by Crippen LogP contribution is -1.99. The highest BCUT2D eigenvalue weighted by Crippen LogP contribution is 2.39. The number of aromatic amines is 1. The molecule has 1 aliphatic rings. The zero-order chi connectivity index (χ0) is 11.7. The van der Waals surface area contributed by atoms with Gasteiger partial charge in [-0.3, -0.25) is 0 Å². The normalized spacial score (nSPS) is 18.1. The Kier molecular flexibility index (Phi) is 2.59. The van der Waals surface area contributed by atoms with Crippen molar-refractivity contribution in [2.24, 2.45) is 0 Å². The van der Waals surface area contributed by atoms with Crippen molar-refractivity contribution in [2.45, 2.75) is 25.2 Å². The van der Waals surface area contributed by atoms with E-state index in [-0.39, 0.29) is 0 Å². The molecule has 3 heteroatoms. The fourth-order valence-corrected chi connectivity index (χ4v) is 2.76. The zero-order valence-corrected chi connectivity index (χ0v) is 9.94. The number of aromatic nitrogens is 2. The summed E-state index contributed by atoms with van der Waals surface area (Å²) in [6.45, 7) is 0. The number of rotatable bonds is 3. The van der Waals surface area contributed by atoms with Crippen LogP contribution >= 0.6 is 0 Å². The summed E-state index contributed by atoms with van der Waals surface area (Å²) in [6, 6.07) is 6.36. The Hall–Kier alpha value is -1.77. The third-order valence-corrected chi connectivity index (χ3v) is 3.58. The molecule has 1 heterocycles. The minimum absolute atomic E-state index is 0.586. The second kappa shape index (κ2) is 4.24. The van der Waals surface area contributed by atoms with E-state index in [1.807, 2.05) is 6.20 Å². The number of hydrogen-bond acceptors (Lipinski definition) is 2. The fraction of sp³-hybridized carbons (Fsp3) is 0.357. The molecule has 0 amide bonds. The second-order valence-corrected chi connectivity index (χ2v) is 4.53. The van der Waals surface area contributed by atoms with E-state index in [4.69, 9.17) is 4.74 Å². The van der Waals surface area contributed by atoms with Gasteiger partial charge in [-0.2, -0.15) is 0 Å². The standard InChI is InChI=1S/C14H16N2O/c1-17-14-4-2-3-12-10(5-6-13(12)14)7-11-8-15-9-16-11/h2-4,8-10H,5-7H2,1H3,(H,15,16). The van der Waals surface area contributed by atoms with E-state index in [9.17, 15) is 0 Å². The SMILES string of the molecule is COc1cccc2c1CCC2Cc1c[nH]cn1. The highest BCUT2D eigenvalue weighted by Gasteiger charge is 2.25. The monoisotopic (exact) mass is 228 g/mol. The Balaban J connectivity index is 1.88. The second-order valence-electron chi connectivity index (χ2n) is 4.53. The predicted molar refractivity (Wildman–Crippen MR) is 66.3 cm³/mol. The zero-order valence-electron chi connectivity index (χ0n) is 9.94. The number of nitrogens with one attached hydrogen (secondary N) is 1. The Morgan fingerprint density at radius 1 is 1.47 bits per heavy atom.